The lowest BCUT2D eigenvalue weighted by atomic mass is 9.78. The Balaban J connectivity index is 2.31. The van der Waals surface area contributed by atoms with Gasteiger partial charge in [-0.2, -0.15) is 4.98 Å². The maximum absolute atomic E-state index is 5.69. The molecule has 1 fully saturated rings. The first-order valence-corrected chi connectivity index (χ1v) is 7.77. The predicted octanol–water partition coefficient (Wildman–Crippen LogP) is 2.76. The van der Waals surface area contributed by atoms with Gasteiger partial charge in [0.1, 0.15) is 5.60 Å². The van der Waals surface area contributed by atoms with E-state index >= 15 is 0 Å². The molecule has 0 aliphatic carbocycles. The van der Waals surface area contributed by atoms with Crippen LogP contribution in [0, 0.1) is 0 Å². The molecule has 1 aliphatic heterocycles. The number of ether oxygens (including phenoxy) is 1. The van der Waals surface area contributed by atoms with Crippen LogP contribution < -0.4 is 5.32 Å². The Morgan fingerprint density at radius 3 is 2.60 bits per heavy atom. The lowest BCUT2D eigenvalue weighted by molar-refractivity contribution is -0.0306. The minimum atomic E-state index is -0.418. The summed E-state index contributed by atoms with van der Waals surface area (Å²) >= 11 is 0. The van der Waals surface area contributed by atoms with Gasteiger partial charge in [-0.25, -0.2) is 0 Å². The van der Waals surface area contributed by atoms with Gasteiger partial charge in [0, 0.05) is 13.7 Å². The van der Waals surface area contributed by atoms with Crippen LogP contribution >= 0.6 is 0 Å². The number of nitrogens with zero attached hydrogens (tertiary/aromatic N) is 2. The molecule has 1 N–H and O–H groups in total. The monoisotopic (exact) mass is 281 g/mol. The van der Waals surface area contributed by atoms with Crippen molar-refractivity contribution in [2.75, 3.05) is 20.2 Å². The van der Waals surface area contributed by atoms with Crippen molar-refractivity contribution in [3.8, 4) is 0 Å². The maximum Gasteiger partial charge on any atom is 0.234 e. The maximum atomic E-state index is 5.69. The topological polar surface area (TPSA) is 60.2 Å². The van der Waals surface area contributed by atoms with Crippen molar-refractivity contribution < 1.29 is 9.26 Å². The minimum Gasteiger partial charge on any atom is -0.370 e. The minimum absolute atomic E-state index is 0.00946. The Bertz CT molecular complexity index is 412. The third-order valence-electron chi connectivity index (χ3n) is 4.97. The molecule has 1 atom stereocenters. The van der Waals surface area contributed by atoms with E-state index in [4.69, 9.17) is 14.2 Å². The van der Waals surface area contributed by atoms with E-state index in [0.29, 0.717) is 5.82 Å². The molecule has 0 radical (unpaired) electrons. The molecular formula is C15H27N3O2. The first kappa shape index (κ1) is 15.4. The molecule has 1 aliphatic rings. The second kappa shape index (κ2) is 6.22. The van der Waals surface area contributed by atoms with Crippen LogP contribution in [-0.4, -0.2) is 30.3 Å². The number of hydrogen-bond acceptors (Lipinski definition) is 5. The van der Waals surface area contributed by atoms with Crippen molar-refractivity contribution in [2.45, 2.75) is 63.9 Å². The van der Waals surface area contributed by atoms with Crippen molar-refractivity contribution in [1.29, 1.82) is 0 Å². The highest BCUT2D eigenvalue weighted by Gasteiger charge is 2.40. The summed E-state index contributed by atoms with van der Waals surface area (Å²) in [6.45, 7) is 8.39. The second-order valence-electron chi connectivity index (χ2n) is 5.74. The van der Waals surface area contributed by atoms with Gasteiger partial charge in [0.2, 0.25) is 11.7 Å². The summed E-state index contributed by atoms with van der Waals surface area (Å²) in [6.07, 6.45) is 4.96. The lowest BCUT2D eigenvalue weighted by Gasteiger charge is -2.33. The molecule has 0 spiro atoms. The molecular weight excluding hydrogens is 254 g/mol. The van der Waals surface area contributed by atoms with Crippen molar-refractivity contribution in [3.63, 3.8) is 0 Å². The fourth-order valence-electron chi connectivity index (χ4n) is 3.17. The number of hydrogen-bond donors (Lipinski definition) is 1. The SMILES string of the molecule is CCC1(c2nc(C(CC)(CC)OC)no2)CCCNC1. The fraction of sp³-hybridized carbons (Fsp3) is 0.867. The Hall–Kier alpha value is -0.940. The number of piperidine rings is 1. The molecule has 1 aromatic rings. The van der Waals surface area contributed by atoms with Crippen molar-refractivity contribution in [1.82, 2.24) is 15.5 Å². The Morgan fingerprint density at radius 1 is 1.35 bits per heavy atom. The normalized spacial score (nSPS) is 24.0. The van der Waals surface area contributed by atoms with Crippen LogP contribution in [-0.2, 0) is 15.8 Å². The number of aromatic nitrogens is 2. The summed E-state index contributed by atoms with van der Waals surface area (Å²) in [5, 5.41) is 7.69. The summed E-state index contributed by atoms with van der Waals surface area (Å²) in [4.78, 5) is 4.72. The Labute approximate surface area is 121 Å². The molecule has 5 heteroatoms. The Morgan fingerprint density at radius 2 is 2.10 bits per heavy atom. The molecule has 1 aromatic heterocycles. The van der Waals surface area contributed by atoms with E-state index in [2.05, 4.69) is 31.2 Å². The molecule has 114 valence electrons. The van der Waals surface area contributed by atoms with Gasteiger partial charge in [-0.1, -0.05) is 25.9 Å². The molecule has 0 saturated carbocycles. The summed E-state index contributed by atoms with van der Waals surface area (Å²) in [6, 6.07) is 0. The van der Waals surface area contributed by atoms with Crippen LogP contribution in [0.2, 0.25) is 0 Å². The molecule has 2 heterocycles. The summed E-state index contributed by atoms with van der Waals surface area (Å²) in [7, 11) is 1.72. The van der Waals surface area contributed by atoms with E-state index in [0.717, 1.165) is 51.1 Å². The van der Waals surface area contributed by atoms with Gasteiger partial charge in [0.25, 0.3) is 0 Å². The zero-order valence-corrected chi connectivity index (χ0v) is 13.2. The van der Waals surface area contributed by atoms with Crippen LogP contribution in [0.15, 0.2) is 4.52 Å². The molecule has 0 amide bonds. The van der Waals surface area contributed by atoms with Crippen LogP contribution in [0.25, 0.3) is 0 Å². The predicted molar refractivity (Wildman–Crippen MR) is 77.6 cm³/mol. The molecule has 1 unspecified atom stereocenters. The zero-order chi connectivity index (χ0) is 14.6. The largest absolute Gasteiger partial charge is 0.370 e. The summed E-state index contributed by atoms with van der Waals surface area (Å²) < 4.78 is 11.3. The van der Waals surface area contributed by atoms with Crippen LogP contribution in [0.3, 0.4) is 0 Å². The van der Waals surface area contributed by atoms with E-state index in [1.807, 2.05) is 0 Å². The molecule has 20 heavy (non-hydrogen) atoms. The quantitative estimate of drug-likeness (QED) is 0.868. The van der Waals surface area contributed by atoms with Crippen molar-refractivity contribution in [2.24, 2.45) is 0 Å². The van der Waals surface area contributed by atoms with E-state index in [1.165, 1.54) is 0 Å². The van der Waals surface area contributed by atoms with Crippen LogP contribution in [0.5, 0.6) is 0 Å². The molecule has 1 saturated heterocycles. The van der Waals surface area contributed by atoms with Crippen LogP contribution in [0.4, 0.5) is 0 Å². The van der Waals surface area contributed by atoms with Crippen LogP contribution in [0.1, 0.15) is 64.6 Å². The standard InChI is InChI=1S/C15H27N3O2/c1-5-14(9-8-10-16-11-14)13-17-12(18-20-13)15(6-2,7-3)19-4/h16H,5-11H2,1-4H3. The van der Waals surface area contributed by atoms with Crippen molar-refractivity contribution >= 4 is 0 Å². The number of methoxy groups -OCH3 is 1. The van der Waals surface area contributed by atoms with Gasteiger partial charge in [-0.05, 0) is 38.6 Å². The van der Waals surface area contributed by atoms with E-state index in [1.54, 1.807) is 7.11 Å². The van der Waals surface area contributed by atoms with E-state index < -0.39 is 5.60 Å². The van der Waals surface area contributed by atoms with Gasteiger partial charge in [0.15, 0.2) is 0 Å². The van der Waals surface area contributed by atoms with Gasteiger partial charge in [0.05, 0.1) is 5.41 Å². The zero-order valence-electron chi connectivity index (χ0n) is 13.2. The highest BCUT2D eigenvalue weighted by Crippen LogP contribution is 2.36. The average molecular weight is 281 g/mol. The Kier molecular flexibility index (Phi) is 4.81. The third-order valence-corrected chi connectivity index (χ3v) is 4.97. The summed E-state index contributed by atoms with van der Waals surface area (Å²) in [5.74, 6) is 1.46. The average Bonchev–Trinajstić information content (AvgIpc) is 3.01. The summed E-state index contributed by atoms with van der Waals surface area (Å²) in [5.41, 5.74) is -0.427. The van der Waals surface area contributed by atoms with Gasteiger partial charge < -0.3 is 14.6 Å². The number of nitrogens with one attached hydrogen (secondary N) is 1. The lowest BCUT2D eigenvalue weighted by Crippen LogP contribution is -2.43. The highest BCUT2D eigenvalue weighted by molar-refractivity contribution is 5.11. The molecule has 2 rings (SSSR count). The fourth-order valence-corrected chi connectivity index (χ4v) is 3.17. The van der Waals surface area contributed by atoms with Gasteiger partial charge in [-0.15, -0.1) is 0 Å². The van der Waals surface area contributed by atoms with Gasteiger partial charge >= 0.3 is 0 Å². The molecule has 5 nitrogen and oxygen atoms in total. The first-order valence-electron chi connectivity index (χ1n) is 7.77. The van der Waals surface area contributed by atoms with Gasteiger partial charge in [-0.3, -0.25) is 0 Å². The van der Waals surface area contributed by atoms with Crippen molar-refractivity contribution in [3.05, 3.63) is 11.7 Å². The van der Waals surface area contributed by atoms with E-state index in [-0.39, 0.29) is 5.41 Å². The number of rotatable bonds is 6. The van der Waals surface area contributed by atoms with E-state index in [9.17, 15) is 0 Å². The third kappa shape index (κ3) is 2.49. The first-order chi connectivity index (χ1) is 9.66. The highest BCUT2D eigenvalue weighted by atomic mass is 16.5. The second-order valence-corrected chi connectivity index (χ2v) is 5.74. The molecule has 0 aromatic carbocycles. The smallest absolute Gasteiger partial charge is 0.234 e. The molecule has 0 bridgehead atoms.